The van der Waals surface area contributed by atoms with Gasteiger partial charge in [-0.25, -0.2) is 9.97 Å². The van der Waals surface area contributed by atoms with Gasteiger partial charge in [0, 0.05) is 18.2 Å². The van der Waals surface area contributed by atoms with Crippen LogP contribution in [0.25, 0.3) is 27.9 Å². The van der Waals surface area contributed by atoms with Crippen molar-refractivity contribution in [2.75, 3.05) is 11.9 Å². The second-order valence-electron chi connectivity index (χ2n) is 8.56. The minimum atomic E-state index is -0.117. The van der Waals surface area contributed by atoms with Crippen LogP contribution in [0.15, 0.2) is 36.5 Å². The van der Waals surface area contributed by atoms with Gasteiger partial charge in [0.15, 0.2) is 11.5 Å². The Hall–Kier alpha value is -3.12. The van der Waals surface area contributed by atoms with E-state index in [0.717, 1.165) is 59.6 Å². The Labute approximate surface area is 192 Å². The number of anilines is 1. The number of fused-ring (bicyclic) bond motifs is 3. The van der Waals surface area contributed by atoms with Gasteiger partial charge in [0.2, 0.25) is 0 Å². The van der Waals surface area contributed by atoms with Gasteiger partial charge in [0.05, 0.1) is 33.5 Å². The maximum absolute atomic E-state index is 12.5. The van der Waals surface area contributed by atoms with Gasteiger partial charge in [-0.3, -0.25) is 9.20 Å². The first kappa shape index (κ1) is 20.8. The van der Waals surface area contributed by atoms with Crippen LogP contribution in [0, 0.1) is 13.8 Å². The van der Waals surface area contributed by atoms with Crippen molar-refractivity contribution in [2.24, 2.45) is 0 Å². The number of nitrogens with one attached hydrogen (secondary N) is 2. The van der Waals surface area contributed by atoms with Crippen LogP contribution in [0.3, 0.4) is 0 Å². The van der Waals surface area contributed by atoms with Crippen LogP contribution in [0.2, 0.25) is 5.02 Å². The van der Waals surface area contributed by atoms with E-state index in [1.54, 1.807) is 6.07 Å². The first-order chi connectivity index (χ1) is 15.5. The Balaban J connectivity index is 1.67. The van der Waals surface area contributed by atoms with Crippen LogP contribution >= 0.6 is 11.6 Å². The molecule has 0 radical (unpaired) electrons. The van der Waals surface area contributed by atoms with E-state index in [2.05, 4.69) is 47.9 Å². The number of amides is 1. The molecule has 7 heteroatoms. The van der Waals surface area contributed by atoms with E-state index in [-0.39, 0.29) is 11.9 Å². The molecule has 0 spiro atoms. The Morgan fingerprint density at radius 3 is 2.69 bits per heavy atom. The van der Waals surface area contributed by atoms with Crippen LogP contribution in [0.1, 0.15) is 47.7 Å². The van der Waals surface area contributed by atoms with Gasteiger partial charge >= 0.3 is 0 Å². The summed E-state index contributed by atoms with van der Waals surface area (Å²) in [7, 11) is 0. The average molecular weight is 448 g/mol. The predicted octanol–water partition coefficient (Wildman–Crippen LogP) is 5.53. The molecule has 1 fully saturated rings. The molecule has 5 rings (SSSR count). The van der Waals surface area contributed by atoms with Gasteiger partial charge in [-0.15, -0.1) is 0 Å². The SMILES string of the molecule is CCCNc1nc2cc(C)c(C)cc2n2c(-c3ccc(C(=O)NC4CC4)c(Cl)c3)cnc12. The molecular formula is C25H26ClN5O. The van der Waals surface area contributed by atoms with E-state index in [9.17, 15) is 4.79 Å². The van der Waals surface area contributed by atoms with Crippen LogP contribution in [0.5, 0.6) is 0 Å². The first-order valence-corrected chi connectivity index (χ1v) is 11.5. The highest BCUT2D eigenvalue weighted by molar-refractivity contribution is 6.34. The summed E-state index contributed by atoms with van der Waals surface area (Å²) in [6, 6.07) is 10.1. The number of rotatable bonds is 6. The predicted molar refractivity (Wildman–Crippen MR) is 130 cm³/mol. The smallest absolute Gasteiger partial charge is 0.253 e. The normalized spacial score (nSPS) is 13.6. The number of carbonyl (C=O) groups is 1. The lowest BCUT2D eigenvalue weighted by Crippen LogP contribution is -2.25. The van der Waals surface area contributed by atoms with Crippen molar-refractivity contribution < 1.29 is 4.79 Å². The summed E-state index contributed by atoms with van der Waals surface area (Å²) in [4.78, 5) is 22.1. The molecule has 2 aromatic carbocycles. The Morgan fingerprint density at radius 1 is 1.19 bits per heavy atom. The number of aromatic nitrogens is 3. The van der Waals surface area contributed by atoms with Gasteiger partial charge in [0.1, 0.15) is 0 Å². The lowest BCUT2D eigenvalue weighted by molar-refractivity contribution is 0.0951. The van der Waals surface area contributed by atoms with E-state index in [4.69, 9.17) is 21.6 Å². The zero-order valence-electron chi connectivity index (χ0n) is 18.5. The van der Waals surface area contributed by atoms with E-state index >= 15 is 0 Å². The van der Waals surface area contributed by atoms with E-state index in [1.807, 2.05) is 18.3 Å². The van der Waals surface area contributed by atoms with Crippen molar-refractivity contribution in [3.63, 3.8) is 0 Å². The molecule has 0 unspecified atom stereocenters. The number of halogens is 1. The van der Waals surface area contributed by atoms with Gasteiger partial charge in [-0.2, -0.15) is 0 Å². The highest BCUT2D eigenvalue weighted by Crippen LogP contribution is 2.32. The number of imidazole rings is 1. The molecule has 2 heterocycles. The Kier molecular flexibility index (Phi) is 5.25. The topological polar surface area (TPSA) is 71.3 Å². The highest BCUT2D eigenvalue weighted by Gasteiger charge is 2.25. The number of aryl methyl sites for hydroxylation is 2. The van der Waals surface area contributed by atoms with Crippen LogP contribution in [-0.4, -0.2) is 32.9 Å². The minimum Gasteiger partial charge on any atom is -0.367 e. The fourth-order valence-corrected chi connectivity index (χ4v) is 4.17. The monoisotopic (exact) mass is 447 g/mol. The molecule has 0 bridgehead atoms. The zero-order valence-corrected chi connectivity index (χ0v) is 19.3. The maximum atomic E-state index is 12.5. The Bertz CT molecular complexity index is 1360. The first-order valence-electron chi connectivity index (χ1n) is 11.1. The van der Waals surface area contributed by atoms with Crippen molar-refractivity contribution in [1.82, 2.24) is 19.7 Å². The van der Waals surface area contributed by atoms with Crippen LogP contribution in [0.4, 0.5) is 5.82 Å². The molecule has 0 atom stereocenters. The third-order valence-electron chi connectivity index (χ3n) is 6.00. The van der Waals surface area contributed by atoms with Crippen molar-refractivity contribution in [3.05, 3.63) is 58.2 Å². The zero-order chi connectivity index (χ0) is 22.4. The average Bonchev–Trinajstić information content (AvgIpc) is 3.47. The Morgan fingerprint density at radius 2 is 1.97 bits per heavy atom. The second kappa shape index (κ2) is 8.10. The number of hydrogen-bond donors (Lipinski definition) is 2. The molecule has 1 aliphatic rings. The van der Waals surface area contributed by atoms with E-state index < -0.39 is 0 Å². The molecule has 4 aromatic rings. The summed E-state index contributed by atoms with van der Waals surface area (Å²) >= 11 is 6.55. The summed E-state index contributed by atoms with van der Waals surface area (Å²) in [5.41, 5.74) is 7.37. The highest BCUT2D eigenvalue weighted by atomic mass is 35.5. The molecule has 0 saturated heterocycles. The van der Waals surface area contributed by atoms with Gasteiger partial charge in [-0.1, -0.05) is 24.6 Å². The fraction of sp³-hybridized carbons (Fsp3) is 0.320. The van der Waals surface area contributed by atoms with Crippen molar-refractivity contribution in [3.8, 4) is 11.3 Å². The molecule has 1 aliphatic carbocycles. The van der Waals surface area contributed by atoms with Crippen LogP contribution < -0.4 is 10.6 Å². The summed E-state index contributed by atoms with van der Waals surface area (Å²) in [6.45, 7) is 7.14. The molecule has 164 valence electrons. The summed E-state index contributed by atoms with van der Waals surface area (Å²) in [5.74, 6) is 0.648. The molecule has 2 N–H and O–H groups in total. The maximum Gasteiger partial charge on any atom is 0.253 e. The fourth-order valence-electron chi connectivity index (χ4n) is 3.90. The summed E-state index contributed by atoms with van der Waals surface area (Å²) in [6.07, 6.45) is 4.92. The standard InChI is InChI=1S/C25H26ClN5O/c1-4-9-27-23-24-28-13-22(31(24)21-11-15(3)14(2)10-20(21)30-23)16-5-8-18(19(26)12-16)25(32)29-17-6-7-17/h5,8,10-13,17H,4,6-7,9H2,1-3H3,(H,27,30)(H,29,32). The van der Waals surface area contributed by atoms with E-state index in [1.165, 1.54) is 11.1 Å². The van der Waals surface area contributed by atoms with Gasteiger partial charge in [-0.05, 0) is 68.5 Å². The van der Waals surface area contributed by atoms with Gasteiger partial charge < -0.3 is 10.6 Å². The van der Waals surface area contributed by atoms with Crippen molar-refractivity contribution in [2.45, 2.75) is 46.1 Å². The largest absolute Gasteiger partial charge is 0.367 e. The number of benzene rings is 2. The van der Waals surface area contributed by atoms with Crippen molar-refractivity contribution in [1.29, 1.82) is 0 Å². The number of carbonyl (C=O) groups excluding carboxylic acids is 1. The van der Waals surface area contributed by atoms with Crippen LogP contribution in [-0.2, 0) is 0 Å². The third-order valence-corrected chi connectivity index (χ3v) is 6.31. The number of nitrogens with zero attached hydrogens (tertiary/aromatic N) is 3. The molecule has 6 nitrogen and oxygen atoms in total. The molecule has 1 amide bonds. The minimum absolute atomic E-state index is 0.117. The molecule has 0 aliphatic heterocycles. The molecule has 2 aromatic heterocycles. The molecule has 32 heavy (non-hydrogen) atoms. The van der Waals surface area contributed by atoms with Gasteiger partial charge in [0.25, 0.3) is 5.91 Å². The summed E-state index contributed by atoms with van der Waals surface area (Å²) in [5, 5.41) is 6.85. The third kappa shape index (κ3) is 3.69. The van der Waals surface area contributed by atoms with Crippen molar-refractivity contribution >= 4 is 40.0 Å². The van der Waals surface area contributed by atoms with E-state index in [0.29, 0.717) is 10.6 Å². The lowest BCUT2D eigenvalue weighted by Gasteiger charge is -2.13. The second-order valence-corrected chi connectivity index (χ2v) is 8.96. The molecular weight excluding hydrogens is 422 g/mol. The lowest BCUT2D eigenvalue weighted by atomic mass is 10.1. The summed E-state index contributed by atoms with van der Waals surface area (Å²) < 4.78 is 2.13. The number of hydrogen-bond acceptors (Lipinski definition) is 4. The quantitative estimate of drug-likeness (QED) is 0.407. The molecule has 1 saturated carbocycles.